The average molecular weight is 342 g/mol. The van der Waals surface area contributed by atoms with Gasteiger partial charge in [-0.1, -0.05) is 0 Å². The van der Waals surface area contributed by atoms with E-state index >= 15 is 0 Å². The molecule has 1 aliphatic heterocycles. The van der Waals surface area contributed by atoms with Crippen molar-refractivity contribution in [3.63, 3.8) is 0 Å². The molecule has 2 aromatic heterocycles. The number of amides is 1. The van der Waals surface area contributed by atoms with Gasteiger partial charge in [0.15, 0.2) is 0 Å². The lowest BCUT2D eigenvalue weighted by molar-refractivity contribution is 0.0710. The van der Waals surface area contributed by atoms with Crippen molar-refractivity contribution in [2.45, 2.75) is 12.0 Å². The summed E-state index contributed by atoms with van der Waals surface area (Å²) in [5.41, 5.74) is 1.58. The third-order valence-electron chi connectivity index (χ3n) is 4.46. The molecule has 128 valence electrons. The maximum Gasteiger partial charge on any atom is 0.257 e. The van der Waals surface area contributed by atoms with Gasteiger partial charge in [-0.3, -0.25) is 14.8 Å². The number of ether oxygens (including phenoxy) is 1. The van der Waals surface area contributed by atoms with Crippen LogP contribution in [0.1, 0.15) is 22.0 Å². The zero-order valence-corrected chi connectivity index (χ0v) is 13.4. The lowest BCUT2D eigenvalue weighted by Crippen LogP contribution is -2.30. The Bertz CT molecular complexity index is 916. The van der Waals surface area contributed by atoms with Crippen LogP contribution in [0.2, 0.25) is 0 Å². The van der Waals surface area contributed by atoms with Gasteiger partial charge in [-0.05, 0) is 6.07 Å². The van der Waals surface area contributed by atoms with Crippen molar-refractivity contribution in [2.24, 2.45) is 0 Å². The number of halogens is 1. The van der Waals surface area contributed by atoms with E-state index in [-0.39, 0.29) is 17.6 Å². The van der Waals surface area contributed by atoms with Crippen molar-refractivity contribution in [3.05, 3.63) is 47.8 Å². The number of carbonyl (C=O) groups is 1. The highest BCUT2D eigenvalue weighted by molar-refractivity contribution is 5.97. The van der Waals surface area contributed by atoms with E-state index in [1.54, 1.807) is 18.2 Å². The van der Waals surface area contributed by atoms with Gasteiger partial charge in [0, 0.05) is 38.7 Å². The molecule has 0 spiro atoms. The summed E-state index contributed by atoms with van der Waals surface area (Å²) in [7, 11) is 1.58. The van der Waals surface area contributed by atoms with E-state index in [0.717, 1.165) is 0 Å². The maximum atomic E-state index is 14.4. The van der Waals surface area contributed by atoms with E-state index < -0.39 is 11.7 Å². The summed E-state index contributed by atoms with van der Waals surface area (Å²) < 4.78 is 19.9. The molecule has 0 saturated carbocycles. The van der Waals surface area contributed by atoms with Crippen molar-refractivity contribution in [1.82, 2.24) is 30.3 Å². The molecule has 3 aromatic rings. The molecule has 0 bridgehead atoms. The minimum Gasteiger partial charge on any atom is -0.379 e. The highest BCUT2D eigenvalue weighted by atomic mass is 19.1. The van der Waals surface area contributed by atoms with Crippen LogP contribution < -0.4 is 0 Å². The fraction of sp³-hybridized carbons (Fsp3) is 0.312. The summed E-state index contributed by atoms with van der Waals surface area (Å²) in [6.45, 7) is 0.729. The quantitative estimate of drug-likeness (QED) is 0.767. The standard InChI is InChI=1S/C16H15FN6O2/c1-25-15-8-23(7-10(15)14-6-20-22-21-14)16(24)9-4-12-13(5-11(9)17)19-3-2-18-12/h2-6,10,15H,7-8H2,1H3,(H,20,21,22)/t10-,15+/m0/s1. The number of H-pyrrole nitrogens is 1. The predicted molar refractivity (Wildman–Crippen MR) is 85.3 cm³/mol. The van der Waals surface area contributed by atoms with E-state index in [1.807, 2.05) is 0 Å². The van der Waals surface area contributed by atoms with Crippen LogP contribution in [0, 0.1) is 5.82 Å². The van der Waals surface area contributed by atoms with E-state index in [9.17, 15) is 9.18 Å². The van der Waals surface area contributed by atoms with Crippen LogP contribution in [-0.4, -0.2) is 62.5 Å². The van der Waals surface area contributed by atoms with Crippen molar-refractivity contribution < 1.29 is 13.9 Å². The zero-order chi connectivity index (χ0) is 17.4. The van der Waals surface area contributed by atoms with Crippen molar-refractivity contribution in [1.29, 1.82) is 0 Å². The second-order valence-electron chi connectivity index (χ2n) is 5.86. The molecule has 1 fully saturated rings. The number of methoxy groups -OCH3 is 1. The van der Waals surface area contributed by atoms with Crippen LogP contribution >= 0.6 is 0 Å². The van der Waals surface area contributed by atoms with Gasteiger partial charge < -0.3 is 9.64 Å². The predicted octanol–water partition coefficient (Wildman–Crippen LogP) is 1.14. The summed E-state index contributed by atoms with van der Waals surface area (Å²) in [6, 6.07) is 2.67. The molecule has 1 aromatic carbocycles. The molecule has 1 amide bonds. The highest BCUT2D eigenvalue weighted by Crippen LogP contribution is 2.29. The Hall–Kier alpha value is -2.94. The van der Waals surface area contributed by atoms with Crippen LogP contribution in [0.15, 0.2) is 30.7 Å². The molecular weight excluding hydrogens is 327 g/mol. The minimum absolute atomic E-state index is 0.0244. The number of nitrogens with one attached hydrogen (secondary N) is 1. The van der Waals surface area contributed by atoms with Gasteiger partial charge in [-0.2, -0.15) is 15.4 Å². The van der Waals surface area contributed by atoms with E-state index in [1.165, 1.54) is 24.5 Å². The van der Waals surface area contributed by atoms with Crippen molar-refractivity contribution in [2.75, 3.05) is 20.2 Å². The first-order chi connectivity index (χ1) is 12.2. The molecule has 9 heteroatoms. The maximum absolute atomic E-state index is 14.4. The first-order valence-electron chi connectivity index (χ1n) is 7.75. The number of rotatable bonds is 3. The zero-order valence-electron chi connectivity index (χ0n) is 13.4. The first kappa shape index (κ1) is 15.6. The summed E-state index contributed by atoms with van der Waals surface area (Å²) in [4.78, 5) is 22.6. The van der Waals surface area contributed by atoms with Gasteiger partial charge >= 0.3 is 0 Å². The summed E-state index contributed by atoms with van der Waals surface area (Å²) >= 11 is 0. The number of hydrogen-bond donors (Lipinski definition) is 1. The number of carbonyl (C=O) groups excluding carboxylic acids is 1. The molecule has 1 aliphatic rings. The Morgan fingerprint density at radius 1 is 1.28 bits per heavy atom. The molecule has 25 heavy (non-hydrogen) atoms. The second kappa shape index (κ2) is 6.17. The summed E-state index contributed by atoms with van der Waals surface area (Å²) in [5.74, 6) is -1.13. The van der Waals surface area contributed by atoms with E-state index in [0.29, 0.717) is 29.8 Å². The Balaban J connectivity index is 1.64. The van der Waals surface area contributed by atoms with E-state index in [2.05, 4.69) is 25.4 Å². The van der Waals surface area contributed by atoms with Crippen LogP contribution in [-0.2, 0) is 4.74 Å². The Morgan fingerprint density at radius 3 is 2.72 bits per heavy atom. The third kappa shape index (κ3) is 2.72. The number of benzene rings is 1. The summed E-state index contributed by atoms with van der Waals surface area (Å²) in [5, 5.41) is 10.4. The molecule has 1 N–H and O–H groups in total. The van der Waals surface area contributed by atoms with Gasteiger partial charge in [0.25, 0.3) is 5.91 Å². The number of fused-ring (bicyclic) bond motifs is 1. The van der Waals surface area contributed by atoms with Crippen molar-refractivity contribution >= 4 is 16.9 Å². The first-order valence-corrected chi connectivity index (χ1v) is 7.75. The third-order valence-corrected chi connectivity index (χ3v) is 4.46. The van der Waals surface area contributed by atoms with Gasteiger partial charge in [-0.25, -0.2) is 4.39 Å². The SMILES string of the molecule is CO[C@@H]1CN(C(=O)c2cc3nccnc3cc2F)C[C@H]1c1cn[nH]n1. The normalized spacial score (nSPS) is 20.3. The largest absolute Gasteiger partial charge is 0.379 e. The molecule has 8 nitrogen and oxygen atoms in total. The molecule has 2 atom stereocenters. The van der Waals surface area contributed by atoms with Gasteiger partial charge in [-0.15, -0.1) is 0 Å². The average Bonchev–Trinajstić information content (AvgIpc) is 3.29. The number of likely N-dealkylation sites (tertiary alicyclic amines) is 1. The summed E-state index contributed by atoms with van der Waals surface area (Å²) in [6.07, 6.45) is 4.37. The second-order valence-corrected chi connectivity index (χ2v) is 5.86. The van der Waals surface area contributed by atoms with Crippen LogP contribution in [0.5, 0.6) is 0 Å². The fourth-order valence-corrected chi connectivity index (χ4v) is 3.17. The van der Waals surface area contributed by atoms with Crippen LogP contribution in [0.3, 0.4) is 0 Å². The monoisotopic (exact) mass is 342 g/mol. The Labute approximate surface area is 142 Å². The molecular formula is C16H15FN6O2. The topological polar surface area (TPSA) is 96.9 Å². The lowest BCUT2D eigenvalue weighted by atomic mass is 10.0. The van der Waals surface area contributed by atoms with Crippen LogP contribution in [0.4, 0.5) is 4.39 Å². The number of hydrogen-bond acceptors (Lipinski definition) is 6. The lowest BCUT2D eigenvalue weighted by Gasteiger charge is -2.16. The minimum atomic E-state index is -0.614. The fourth-order valence-electron chi connectivity index (χ4n) is 3.17. The smallest absolute Gasteiger partial charge is 0.257 e. The molecule has 0 unspecified atom stereocenters. The van der Waals surface area contributed by atoms with Gasteiger partial charge in [0.05, 0.1) is 40.5 Å². The molecule has 3 heterocycles. The van der Waals surface area contributed by atoms with Gasteiger partial charge in [0.1, 0.15) is 5.82 Å². The number of nitrogens with zero attached hydrogens (tertiary/aromatic N) is 5. The Kier molecular flexibility index (Phi) is 3.85. The van der Waals surface area contributed by atoms with E-state index in [4.69, 9.17) is 4.74 Å². The molecule has 4 rings (SSSR count). The highest BCUT2D eigenvalue weighted by Gasteiger charge is 2.38. The van der Waals surface area contributed by atoms with Crippen LogP contribution in [0.25, 0.3) is 11.0 Å². The molecule has 0 radical (unpaired) electrons. The molecule has 1 saturated heterocycles. The number of aromatic amines is 1. The number of aromatic nitrogens is 5. The Morgan fingerprint density at radius 2 is 2.04 bits per heavy atom. The van der Waals surface area contributed by atoms with Crippen molar-refractivity contribution in [3.8, 4) is 0 Å². The van der Waals surface area contributed by atoms with Gasteiger partial charge in [0.2, 0.25) is 0 Å². The molecule has 0 aliphatic carbocycles.